The van der Waals surface area contributed by atoms with E-state index in [1.165, 1.54) is 0 Å². The fraction of sp³-hybridized carbons (Fsp3) is 0.222. The summed E-state index contributed by atoms with van der Waals surface area (Å²) in [5.74, 6) is -0.0209. The van der Waals surface area contributed by atoms with Crippen LogP contribution in [0.25, 0.3) is 0 Å². The molecule has 112 valence electrons. The van der Waals surface area contributed by atoms with Crippen LogP contribution in [0, 0.1) is 5.92 Å². The Morgan fingerprint density at radius 2 is 1.68 bits per heavy atom. The normalized spacial score (nSPS) is 17.8. The van der Waals surface area contributed by atoms with Crippen LogP contribution in [0.15, 0.2) is 54.6 Å². The minimum absolute atomic E-state index is 0.00173. The molecule has 0 bridgehead atoms. The van der Waals surface area contributed by atoms with Crippen molar-refractivity contribution in [3.63, 3.8) is 0 Å². The van der Waals surface area contributed by atoms with E-state index in [9.17, 15) is 9.59 Å². The first-order chi connectivity index (χ1) is 10.7. The van der Waals surface area contributed by atoms with Gasteiger partial charge in [0.05, 0.1) is 0 Å². The Balaban J connectivity index is 1.79. The molecule has 1 saturated heterocycles. The fourth-order valence-corrected chi connectivity index (χ4v) is 2.70. The van der Waals surface area contributed by atoms with Gasteiger partial charge in [0.15, 0.2) is 5.78 Å². The lowest BCUT2D eigenvalue weighted by Crippen LogP contribution is -2.24. The van der Waals surface area contributed by atoms with Gasteiger partial charge in [-0.05, 0) is 24.3 Å². The molecule has 1 unspecified atom stereocenters. The van der Waals surface area contributed by atoms with Gasteiger partial charge in [-0.15, -0.1) is 0 Å². The van der Waals surface area contributed by atoms with Crippen molar-refractivity contribution in [2.45, 2.75) is 6.42 Å². The minimum atomic E-state index is -0.0341. The Morgan fingerprint density at radius 1 is 1.05 bits per heavy atom. The summed E-state index contributed by atoms with van der Waals surface area (Å²) in [5.41, 5.74) is 2.01. The van der Waals surface area contributed by atoms with Gasteiger partial charge in [-0.25, -0.2) is 0 Å². The zero-order valence-corrected chi connectivity index (χ0v) is 12.1. The summed E-state index contributed by atoms with van der Waals surface area (Å²) in [4.78, 5) is 25.9. The number of rotatable bonds is 4. The Morgan fingerprint density at radius 3 is 2.27 bits per heavy atom. The van der Waals surface area contributed by atoms with Crippen molar-refractivity contribution >= 4 is 17.4 Å². The number of aliphatic hydroxyl groups is 1. The number of amides is 1. The topological polar surface area (TPSA) is 57.6 Å². The number of hydrogen-bond acceptors (Lipinski definition) is 3. The highest BCUT2D eigenvalue weighted by atomic mass is 16.3. The predicted molar refractivity (Wildman–Crippen MR) is 83.9 cm³/mol. The molecule has 1 heterocycles. The number of hydrogen-bond donors (Lipinski definition) is 1. The summed E-state index contributed by atoms with van der Waals surface area (Å²) in [6.45, 7) is 0.550. The standard InChI is InChI=1S/C18H17NO3/c20-12-13-10-17(21)19(11-13)16-8-6-15(7-9-16)18(22)14-4-2-1-3-5-14/h1-9,13,20H,10-12H2. The number of benzene rings is 2. The molecule has 0 radical (unpaired) electrons. The lowest BCUT2D eigenvalue weighted by molar-refractivity contribution is -0.117. The number of nitrogens with zero attached hydrogens (tertiary/aromatic N) is 1. The van der Waals surface area contributed by atoms with E-state index < -0.39 is 0 Å². The lowest BCUT2D eigenvalue weighted by atomic mass is 10.0. The lowest BCUT2D eigenvalue weighted by Gasteiger charge is -2.16. The molecule has 0 saturated carbocycles. The maximum atomic E-state index is 12.3. The molecule has 2 aromatic carbocycles. The molecule has 0 aliphatic carbocycles. The average molecular weight is 295 g/mol. The van der Waals surface area contributed by atoms with Gasteiger partial charge in [0.25, 0.3) is 0 Å². The third-order valence-corrected chi connectivity index (χ3v) is 3.94. The van der Waals surface area contributed by atoms with Crippen LogP contribution in [0.5, 0.6) is 0 Å². The summed E-state index contributed by atoms with van der Waals surface area (Å²) in [7, 11) is 0. The van der Waals surface area contributed by atoms with Gasteiger partial charge >= 0.3 is 0 Å². The smallest absolute Gasteiger partial charge is 0.227 e. The summed E-state index contributed by atoms with van der Waals surface area (Å²) in [6.07, 6.45) is 0.376. The van der Waals surface area contributed by atoms with Crippen molar-refractivity contribution in [3.05, 3.63) is 65.7 Å². The third-order valence-electron chi connectivity index (χ3n) is 3.94. The van der Waals surface area contributed by atoms with Crippen molar-refractivity contribution in [3.8, 4) is 0 Å². The van der Waals surface area contributed by atoms with Gasteiger partial charge in [-0.3, -0.25) is 9.59 Å². The van der Waals surface area contributed by atoms with Crippen LogP contribution in [0.4, 0.5) is 5.69 Å². The SMILES string of the molecule is O=C(c1ccccc1)c1ccc(N2CC(CO)CC2=O)cc1. The Hall–Kier alpha value is -2.46. The second kappa shape index (κ2) is 6.12. The number of anilines is 1. The molecule has 0 aromatic heterocycles. The molecule has 1 aliphatic rings. The van der Waals surface area contributed by atoms with E-state index in [0.717, 1.165) is 5.69 Å². The number of carbonyl (C=O) groups is 2. The molecular weight excluding hydrogens is 278 g/mol. The first kappa shape index (κ1) is 14.5. The molecule has 1 N–H and O–H groups in total. The maximum Gasteiger partial charge on any atom is 0.227 e. The highest BCUT2D eigenvalue weighted by molar-refractivity contribution is 6.09. The van der Waals surface area contributed by atoms with Crippen LogP contribution in [0.2, 0.25) is 0 Å². The van der Waals surface area contributed by atoms with Crippen LogP contribution in [-0.2, 0) is 4.79 Å². The van der Waals surface area contributed by atoms with E-state index in [4.69, 9.17) is 5.11 Å². The van der Waals surface area contributed by atoms with Gasteiger partial charge in [-0.2, -0.15) is 0 Å². The Bertz CT molecular complexity index is 679. The summed E-state index contributed by atoms with van der Waals surface area (Å²) in [5, 5.41) is 9.17. The molecule has 1 amide bonds. The predicted octanol–water partition coefficient (Wildman–Crippen LogP) is 2.26. The molecule has 2 aromatic rings. The summed E-state index contributed by atoms with van der Waals surface area (Å²) < 4.78 is 0. The Labute approximate surface area is 129 Å². The highest BCUT2D eigenvalue weighted by Crippen LogP contribution is 2.25. The van der Waals surface area contributed by atoms with E-state index in [2.05, 4.69) is 0 Å². The van der Waals surface area contributed by atoms with Crippen LogP contribution in [0.1, 0.15) is 22.3 Å². The first-order valence-electron chi connectivity index (χ1n) is 7.30. The van der Waals surface area contributed by atoms with E-state index in [1.54, 1.807) is 41.3 Å². The molecule has 1 fully saturated rings. The first-order valence-corrected chi connectivity index (χ1v) is 7.30. The van der Waals surface area contributed by atoms with Gasteiger partial charge in [0.2, 0.25) is 5.91 Å². The monoisotopic (exact) mass is 295 g/mol. The molecule has 3 rings (SSSR count). The van der Waals surface area contributed by atoms with Crippen molar-refractivity contribution < 1.29 is 14.7 Å². The van der Waals surface area contributed by atoms with Gasteiger partial charge in [-0.1, -0.05) is 30.3 Å². The number of carbonyl (C=O) groups excluding carboxylic acids is 2. The number of ketones is 1. The van der Waals surface area contributed by atoms with Crippen LogP contribution >= 0.6 is 0 Å². The van der Waals surface area contributed by atoms with Gasteiger partial charge < -0.3 is 10.0 Å². The van der Waals surface area contributed by atoms with Crippen molar-refractivity contribution in [2.24, 2.45) is 5.92 Å². The second-order valence-corrected chi connectivity index (χ2v) is 5.50. The van der Waals surface area contributed by atoms with Gasteiger partial charge in [0.1, 0.15) is 0 Å². The molecule has 4 heteroatoms. The average Bonchev–Trinajstić information content (AvgIpc) is 2.96. The van der Waals surface area contributed by atoms with Crippen molar-refractivity contribution in [1.29, 1.82) is 0 Å². The molecule has 1 atom stereocenters. The number of aliphatic hydroxyl groups excluding tert-OH is 1. The van der Waals surface area contributed by atoms with Crippen LogP contribution in [-0.4, -0.2) is 29.9 Å². The second-order valence-electron chi connectivity index (χ2n) is 5.50. The van der Waals surface area contributed by atoms with Crippen molar-refractivity contribution in [2.75, 3.05) is 18.1 Å². The van der Waals surface area contributed by atoms with Crippen molar-refractivity contribution in [1.82, 2.24) is 0 Å². The quantitative estimate of drug-likeness (QED) is 0.880. The van der Waals surface area contributed by atoms with E-state index >= 15 is 0 Å². The van der Waals surface area contributed by atoms with E-state index in [-0.39, 0.29) is 24.2 Å². The molecule has 22 heavy (non-hydrogen) atoms. The van der Waals surface area contributed by atoms with Crippen LogP contribution < -0.4 is 4.90 Å². The summed E-state index contributed by atoms with van der Waals surface area (Å²) >= 11 is 0. The zero-order valence-electron chi connectivity index (χ0n) is 12.1. The molecule has 4 nitrogen and oxygen atoms in total. The highest BCUT2D eigenvalue weighted by Gasteiger charge is 2.29. The zero-order chi connectivity index (χ0) is 15.5. The minimum Gasteiger partial charge on any atom is -0.396 e. The largest absolute Gasteiger partial charge is 0.396 e. The maximum absolute atomic E-state index is 12.3. The van der Waals surface area contributed by atoms with E-state index in [0.29, 0.717) is 24.1 Å². The van der Waals surface area contributed by atoms with Crippen LogP contribution in [0.3, 0.4) is 0 Å². The Kier molecular flexibility index (Phi) is 4.02. The molecule has 1 aliphatic heterocycles. The molecular formula is C18H17NO3. The molecule has 0 spiro atoms. The third kappa shape index (κ3) is 2.78. The van der Waals surface area contributed by atoms with Gasteiger partial charge in [0, 0.05) is 42.3 Å². The fourth-order valence-electron chi connectivity index (χ4n) is 2.70. The summed E-state index contributed by atoms with van der Waals surface area (Å²) in [6, 6.07) is 16.2. The van der Waals surface area contributed by atoms with E-state index in [1.807, 2.05) is 18.2 Å².